The molecule has 0 fully saturated rings. The van der Waals surface area contributed by atoms with Gasteiger partial charge < -0.3 is 5.11 Å². The van der Waals surface area contributed by atoms with Crippen LogP contribution in [0.15, 0.2) is 53.3 Å². The molecular weight excluding hydrogens is 200 g/mol. The lowest BCUT2D eigenvalue weighted by molar-refractivity contribution is -0.114. The number of aliphatic hydroxyl groups excluding tert-OH is 1. The molecule has 0 aliphatic heterocycles. The molecule has 82 valence electrons. The van der Waals surface area contributed by atoms with E-state index in [9.17, 15) is 9.90 Å². The number of carbonyl (C=O) groups excluding carboxylic acids is 1. The molecule has 2 rings (SSSR count). The van der Waals surface area contributed by atoms with Crippen LogP contribution in [-0.2, 0) is 4.79 Å². The Balaban J connectivity index is 2.53. The van der Waals surface area contributed by atoms with Crippen LogP contribution < -0.4 is 0 Å². The Morgan fingerprint density at radius 1 is 1.25 bits per heavy atom. The maximum Gasteiger partial charge on any atom is 0.223 e. The largest absolute Gasteiger partial charge is 0.504 e. The van der Waals surface area contributed by atoms with Crippen LogP contribution in [0.4, 0.5) is 0 Å². The van der Waals surface area contributed by atoms with Crippen LogP contribution in [0.3, 0.4) is 0 Å². The molecule has 0 amide bonds. The van der Waals surface area contributed by atoms with Crippen LogP contribution >= 0.6 is 0 Å². The number of Topliss-reactive ketones (excluding diaryl/α,β-unsaturated/α-hetero) is 1. The molecule has 0 radical (unpaired) electrons. The Morgan fingerprint density at radius 3 is 2.44 bits per heavy atom. The van der Waals surface area contributed by atoms with Gasteiger partial charge in [0, 0.05) is 11.5 Å². The third kappa shape index (κ3) is 1.47. The zero-order chi connectivity index (χ0) is 11.7. The summed E-state index contributed by atoms with van der Waals surface area (Å²) in [4.78, 5) is 11.8. The van der Waals surface area contributed by atoms with Gasteiger partial charge in [0.2, 0.25) is 5.78 Å². The molecule has 2 heteroatoms. The van der Waals surface area contributed by atoms with E-state index in [0.717, 1.165) is 11.1 Å². The van der Waals surface area contributed by atoms with Gasteiger partial charge in [-0.1, -0.05) is 36.4 Å². The van der Waals surface area contributed by atoms with Gasteiger partial charge in [-0.3, -0.25) is 4.79 Å². The highest BCUT2D eigenvalue weighted by Crippen LogP contribution is 2.40. The first-order chi connectivity index (χ1) is 7.66. The van der Waals surface area contributed by atoms with Gasteiger partial charge in [-0.05, 0) is 25.0 Å². The van der Waals surface area contributed by atoms with Crippen molar-refractivity contribution in [1.29, 1.82) is 0 Å². The highest BCUT2D eigenvalue weighted by atomic mass is 16.3. The fourth-order valence-corrected chi connectivity index (χ4v) is 2.19. The summed E-state index contributed by atoms with van der Waals surface area (Å²) in [6.07, 6.45) is 1.78. The zero-order valence-electron chi connectivity index (χ0n) is 9.40. The van der Waals surface area contributed by atoms with E-state index in [2.05, 4.69) is 0 Å². The van der Waals surface area contributed by atoms with E-state index in [1.807, 2.05) is 37.3 Å². The molecule has 0 spiro atoms. The van der Waals surface area contributed by atoms with Crippen LogP contribution in [0.2, 0.25) is 0 Å². The van der Waals surface area contributed by atoms with Crippen LogP contribution in [-0.4, -0.2) is 10.9 Å². The summed E-state index contributed by atoms with van der Waals surface area (Å²) in [5.74, 6) is -0.422. The molecule has 16 heavy (non-hydrogen) atoms. The molecule has 0 saturated heterocycles. The third-order valence-corrected chi connectivity index (χ3v) is 3.04. The summed E-state index contributed by atoms with van der Waals surface area (Å²) < 4.78 is 0. The molecule has 1 aliphatic carbocycles. The van der Waals surface area contributed by atoms with Crippen molar-refractivity contribution in [2.45, 2.75) is 19.8 Å². The van der Waals surface area contributed by atoms with Gasteiger partial charge in [0.05, 0.1) is 0 Å². The van der Waals surface area contributed by atoms with Crippen molar-refractivity contribution in [3.63, 3.8) is 0 Å². The number of hydrogen-bond donors (Lipinski definition) is 1. The second-order valence-corrected chi connectivity index (χ2v) is 3.95. The smallest absolute Gasteiger partial charge is 0.223 e. The topological polar surface area (TPSA) is 37.3 Å². The standard InChI is InChI=1S/C14H14O2/c1-3-11-12(9(2)13(15)14(11)16)10-7-5-4-6-8-10/h3-8,12,15H,1-2H3/b11-3+/t12-/m0/s1. The molecule has 1 aromatic rings. The molecular formula is C14H14O2. The van der Waals surface area contributed by atoms with Crippen molar-refractivity contribution in [2.75, 3.05) is 0 Å². The SMILES string of the molecule is C/C=C1/C(=O)C(O)=C(C)[C@H]1c1ccccc1. The summed E-state index contributed by atoms with van der Waals surface area (Å²) in [5.41, 5.74) is 2.45. The van der Waals surface area contributed by atoms with Crippen LogP contribution in [0.5, 0.6) is 0 Å². The number of rotatable bonds is 1. The normalized spacial score (nSPS) is 23.2. The quantitative estimate of drug-likeness (QED) is 0.729. The summed E-state index contributed by atoms with van der Waals surface area (Å²) in [5, 5.41) is 9.69. The summed E-state index contributed by atoms with van der Waals surface area (Å²) in [6, 6.07) is 9.77. The van der Waals surface area contributed by atoms with Crippen molar-refractivity contribution < 1.29 is 9.90 Å². The maximum absolute atomic E-state index is 11.8. The van der Waals surface area contributed by atoms with Crippen molar-refractivity contribution in [3.8, 4) is 0 Å². The van der Waals surface area contributed by atoms with Crippen LogP contribution in [0.1, 0.15) is 25.3 Å². The monoisotopic (exact) mass is 214 g/mol. The maximum atomic E-state index is 11.8. The number of hydrogen-bond acceptors (Lipinski definition) is 2. The molecule has 1 atom stereocenters. The molecule has 0 bridgehead atoms. The fraction of sp³-hybridized carbons (Fsp3) is 0.214. The van der Waals surface area contributed by atoms with Crippen molar-refractivity contribution in [1.82, 2.24) is 0 Å². The van der Waals surface area contributed by atoms with E-state index in [0.29, 0.717) is 5.57 Å². The lowest BCUT2D eigenvalue weighted by atomic mass is 9.89. The minimum atomic E-state index is -0.242. The fourth-order valence-electron chi connectivity index (χ4n) is 2.19. The average Bonchev–Trinajstić information content (AvgIpc) is 2.54. The highest BCUT2D eigenvalue weighted by molar-refractivity contribution is 6.11. The van der Waals surface area contributed by atoms with Gasteiger partial charge >= 0.3 is 0 Å². The molecule has 1 aromatic carbocycles. The first-order valence-electron chi connectivity index (χ1n) is 5.32. The first kappa shape index (κ1) is 10.7. The van der Waals surface area contributed by atoms with Crippen LogP contribution in [0.25, 0.3) is 0 Å². The molecule has 1 N–H and O–H groups in total. The summed E-state index contributed by atoms with van der Waals surface area (Å²) in [6.45, 7) is 3.64. The lowest BCUT2D eigenvalue weighted by Gasteiger charge is -2.13. The van der Waals surface area contributed by atoms with Gasteiger partial charge in [-0.2, -0.15) is 0 Å². The van der Waals surface area contributed by atoms with Gasteiger partial charge in [-0.25, -0.2) is 0 Å². The number of carbonyl (C=O) groups is 1. The molecule has 0 saturated carbocycles. The Labute approximate surface area is 94.9 Å². The Hall–Kier alpha value is -1.83. The van der Waals surface area contributed by atoms with Gasteiger partial charge in [0.1, 0.15) is 0 Å². The minimum absolute atomic E-state index is 0.0845. The van der Waals surface area contributed by atoms with E-state index in [1.165, 1.54) is 0 Å². The number of benzene rings is 1. The molecule has 0 heterocycles. The average molecular weight is 214 g/mol. The molecule has 0 aromatic heterocycles. The Kier molecular flexibility index (Phi) is 2.65. The number of ketones is 1. The van der Waals surface area contributed by atoms with Crippen LogP contribution in [0, 0.1) is 0 Å². The summed E-state index contributed by atoms with van der Waals surface area (Å²) >= 11 is 0. The number of aliphatic hydroxyl groups is 1. The zero-order valence-corrected chi connectivity index (χ0v) is 9.40. The van der Waals surface area contributed by atoms with Crippen molar-refractivity contribution in [2.24, 2.45) is 0 Å². The highest BCUT2D eigenvalue weighted by Gasteiger charge is 2.35. The minimum Gasteiger partial charge on any atom is -0.504 e. The Bertz CT molecular complexity index is 481. The molecule has 2 nitrogen and oxygen atoms in total. The van der Waals surface area contributed by atoms with Gasteiger partial charge in [0.25, 0.3) is 0 Å². The molecule has 0 unspecified atom stereocenters. The predicted octanol–water partition coefficient (Wildman–Crippen LogP) is 3.13. The number of allylic oxidation sites excluding steroid dienone is 3. The lowest BCUT2D eigenvalue weighted by Crippen LogP contribution is -2.03. The third-order valence-electron chi connectivity index (χ3n) is 3.04. The Morgan fingerprint density at radius 2 is 1.88 bits per heavy atom. The second kappa shape index (κ2) is 3.97. The summed E-state index contributed by atoms with van der Waals surface area (Å²) in [7, 11) is 0. The second-order valence-electron chi connectivity index (χ2n) is 3.95. The van der Waals surface area contributed by atoms with E-state index in [1.54, 1.807) is 13.0 Å². The van der Waals surface area contributed by atoms with E-state index >= 15 is 0 Å². The first-order valence-corrected chi connectivity index (χ1v) is 5.32. The van der Waals surface area contributed by atoms with Gasteiger partial charge in [-0.15, -0.1) is 0 Å². The van der Waals surface area contributed by atoms with Crippen molar-refractivity contribution >= 4 is 5.78 Å². The van der Waals surface area contributed by atoms with Gasteiger partial charge in [0.15, 0.2) is 5.76 Å². The van der Waals surface area contributed by atoms with E-state index in [4.69, 9.17) is 0 Å². The molecule has 1 aliphatic rings. The van der Waals surface area contributed by atoms with E-state index < -0.39 is 0 Å². The predicted molar refractivity (Wildman–Crippen MR) is 63.3 cm³/mol. The van der Waals surface area contributed by atoms with Crippen molar-refractivity contribution in [3.05, 3.63) is 58.9 Å². The van der Waals surface area contributed by atoms with E-state index in [-0.39, 0.29) is 17.5 Å².